The molecule has 96 valence electrons. The molecule has 0 aromatic heterocycles. The molecule has 1 amide bonds. The summed E-state index contributed by atoms with van der Waals surface area (Å²) in [5.41, 5.74) is 0.718. The lowest BCUT2D eigenvalue weighted by atomic mass is 10.1. The van der Waals surface area contributed by atoms with Gasteiger partial charge in [0, 0.05) is 31.5 Å². The van der Waals surface area contributed by atoms with Crippen LogP contribution in [-0.2, 0) is 4.79 Å². The second-order valence-electron chi connectivity index (χ2n) is 4.91. The van der Waals surface area contributed by atoms with Crippen LogP contribution in [0.4, 0.5) is 0 Å². The van der Waals surface area contributed by atoms with Crippen molar-refractivity contribution in [3.05, 3.63) is 35.9 Å². The van der Waals surface area contributed by atoms with Gasteiger partial charge < -0.3 is 4.90 Å². The zero-order valence-electron chi connectivity index (χ0n) is 10.8. The van der Waals surface area contributed by atoms with Gasteiger partial charge in [-0.15, -0.1) is 0 Å². The molecular formula is C15H19NO2. The highest BCUT2D eigenvalue weighted by Gasteiger charge is 2.23. The molecule has 0 heterocycles. The Morgan fingerprint density at radius 1 is 1.17 bits per heavy atom. The fourth-order valence-corrected chi connectivity index (χ4v) is 2.47. The summed E-state index contributed by atoms with van der Waals surface area (Å²) in [5.74, 6) is 0.382. The first kappa shape index (κ1) is 12.8. The summed E-state index contributed by atoms with van der Waals surface area (Å²) in [7, 11) is 1.84. The Bertz CT molecular complexity index is 427. The predicted octanol–water partition coefficient (Wildman–Crippen LogP) is 2.66. The molecule has 2 rings (SSSR count). The van der Waals surface area contributed by atoms with E-state index < -0.39 is 0 Å². The third-order valence-corrected chi connectivity index (χ3v) is 3.64. The largest absolute Gasteiger partial charge is 0.339 e. The normalized spacial score (nSPS) is 20.3. The van der Waals surface area contributed by atoms with Crippen molar-refractivity contribution >= 4 is 11.7 Å². The van der Waals surface area contributed by atoms with E-state index >= 15 is 0 Å². The molecule has 0 N–H and O–H groups in total. The van der Waals surface area contributed by atoms with Crippen molar-refractivity contribution in [2.45, 2.75) is 38.1 Å². The predicted molar refractivity (Wildman–Crippen MR) is 70.4 cm³/mol. The quantitative estimate of drug-likeness (QED) is 0.751. The van der Waals surface area contributed by atoms with Gasteiger partial charge in [0.15, 0.2) is 0 Å². The SMILES string of the molecule is CN(C(=O)c1ccccc1)[C@@H]1CCCC(=O)CC1. The van der Waals surface area contributed by atoms with E-state index in [2.05, 4.69) is 0 Å². The number of Topliss-reactive ketones (excluding diaryl/α,β-unsaturated/α-hetero) is 1. The lowest BCUT2D eigenvalue weighted by Crippen LogP contribution is -2.36. The van der Waals surface area contributed by atoms with Crippen LogP contribution in [0.5, 0.6) is 0 Å². The summed E-state index contributed by atoms with van der Waals surface area (Å²) in [6, 6.07) is 9.52. The Morgan fingerprint density at radius 2 is 1.89 bits per heavy atom. The van der Waals surface area contributed by atoms with Crippen LogP contribution in [0.2, 0.25) is 0 Å². The zero-order valence-corrected chi connectivity index (χ0v) is 10.8. The van der Waals surface area contributed by atoms with Crippen LogP contribution in [0.1, 0.15) is 42.5 Å². The molecule has 0 bridgehead atoms. The van der Waals surface area contributed by atoms with Gasteiger partial charge in [0.2, 0.25) is 0 Å². The maximum absolute atomic E-state index is 12.3. The lowest BCUT2D eigenvalue weighted by Gasteiger charge is -2.27. The first-order valence-electron chi connectivity index (χ1n) is 6.52. The molecule has 0 aliphatic heterocycles. The maximum atomic E-state index is 12.3. The lowest BCUT2D eigenvalue weighted by molar-refractivity contribution is -0.118. The van der Waals surface area contributed by atoms with Gasteiger partial charge in [0.05, 0.1) is 0 Å². The standard InChI is InChI=1S/C15H19NO2/c1-16(13-8-5-9-14(17)11-10-13)15(18)12-6-3-2-4-7-12/h2-4,6-7,13H,5,8-11H2,1H3/t13-/m1/s1. The Hall–Kier alpha value is -1.64. The Labute approximate surface area is 108 Å². The number of benzene rings is 1. The molecule has 1 aliphatic carbocycles. The maximum Gasteiger partial charge on any atom is 0.253 e. The van der Waals surface area contributed by atoms with Gasteiger partial charge in [-0.2, -0.15) is 0 Å². The molecule has 3 nitrogen and oxygen atoms in total. The van der Waals surface area contributed by atoms with E-state index in [4.69, 9.17) is 0 Å². The van der Waals surface area contributed by atoms with Gasteiger partial charge in [0.1, 0.15) is 5.78 Å². The molecule has 0 spiro atoms. The molecule has 18 heavy (non-hydrogen) atoms. The summed E-state index contributed by atoms with van der Waals surface area (Å²) in [5, 5.41) is 0. The molecule has 1 saturated carbocycles. The fourth-order valence-electron chi connectivity index (χ4n) is 2.47. The average Bonchev–Trinajstić information content (AvgIpc) is 2.63. The summed E-state index contributed by atoms with van der Waals surface area (Å²) in [6.07, 6.45) is 3.91. The molecule has 1 aromatic carbocycles. The van der Waals surface area contributed by atoms with E-state index in [1.165, 1.54) is 0 Å². The van der Waals surface area contributed by atoms with Crippen LogP contribution in [-0.4, -0.2) is 29.7 Å². The van der Waals surface area contributed by atoms with E-state index in [0.29, 0.717) is 18.6 Å². The Kier molecular flexibility index (Phi) is 4.13. The zero-order chi connectivity index (χ0) is 13.0. The molecule has 0 radical (unpaired) electrons. The van der Waals surface area contributed by atoms with E-state index in [9.17, 15) is 9.59 Å². The third kappa shape index (κ3) is 2.97. The molecule has 3 heteroatoms. The molecule has 1 aromatic rings. The minimum Gasteiger partial charge on any atom is -0.339 e. The molecular weight excluding hydrogens is 226 g/mol. The van der Waals surface area contributed by atoms with Crippen molar-refractivity contribution in [2.24, 2.45) is 0 Å². The fraction of sp³-hybridized carbons (Fsp3) is 0.467. The van der Waals surface area contributed by atoms with Crippen molar-refractivity contribution in [1.29, 1.82) is 0 Å². The minimum atomic E-state index is 0.0509. The molecule has 1 atom stereocenters. The van der Waals surface area contributed by atoms with E-state index in [1.54, 1.807) is 4.90 Å². The summed E-state index contributed by atoms with van der Waals surface area (Å²) < 4.78 is 0. The van der Waals surface area contributed by atoms with E-state index in [1.807, 2.05) is 37.4 Å². The Morgan fingerprint density at radius 3 is 2.61 bits per heavy atom. The van der Waals surface area contributed by atoms with E-state index in [-0.39, 0.29) is 11.9 Å². The van der Waals surface area contributed by atoms with Crippen LogP contribution < -0.4 is 0 Å². The van der Waals surface area contributed by atoms with Crippen molar-refractivity contribution < 1.29 is 9.59 Å². The van der Waals surface area contributed by atoms with Crippen LogP contribution in [0.15, 0.2) is 30.3 Å². The van der Waals surface area contributed by atoms with Gasteiger partial charge in [-0.25, -0.2) is 0 Å². The second kappa shape index (κ2) is 5.80. The van der Waals surface area contributed by atoms with Crippen molar-refractivity contribution in [3.8, 4) is 0 Å². The number of carbonyl (C=O) groups excluding carboxylic acids is 2. The number of amides is 1. The van der Waals surface area contributed by atoms with E-state index in [0.717, 1.165) is 24.8 Å². The minimum absolute atomic E-state index is 0.0509. The topological polar surface area (TPSA) is 37.4 Å². The average molecular weight is 245 g/mol. The van der Waals surface area contributed by atoms with Crippen molar-refractivity contribution in [3.63, 3.8) is 0 Å². The number of rotatable bonds is 2. The van der Waals surface area contributed by atoms with Crippen LogP contribution in [0.3, 0.4) is 0 Å². The summed E-state index contributed by atoms with van der Waals surface area (Å²) in [4.78, 5) is 25.5. The Balaban J connectivity index is 2.04. The number of hydrogen-bond donors (Lipinski definition) is 0. The van der Waals surface area contributed by atoms with Crippen LogP contribution >= 0.6 is 0 Å². The van der Waals surface area contributed by atoms with Gasteiger partial charge >= 0.3 is 0 Å². The van der Waals surface area contributed by atoms with Crippen molar-refractivity contribution in [2.75, 3.05) is 7.05 Å². The first-order chi connectivity index (χ1) is 8.68. The number of hydrogen-bond acceptors (Lipinski definition) is 2. The molecule has 0 saturated heterocycles. The number of ketones is 1. The molecule has 0 unspecified atom stereocenters. The highest BCUT2D eigenvalue weighted by molar-refractivity contribution is 5.94. The van der Waals surface area contributed by atoms with Crippen molar-refractivity contribution in [1.82, 2.24) is 4.90 Å². The van der Waals surface area contributed by atoms with Gasteiger partial charge in [-0.3, -0.25) is 9.59 Å². The monoisotopic (exact) mass is 245 g/mol. The van der Waals surface area contributed by atoms with Gasteiger partial charge in [-0.1, -0.05) is 18.2 Å². The number of carbonyl (C=O) groups is 2. The van der Waals surface area contributed by atoms with Gasteiger partial charge in [0.25, 0.3) is 5.91 Å². The smallest absolute Gasteiger partial charge is 0.253 e. The highest BCUT2D eigenvalue weighted by atomic mass is 16.2. The first-order valence-corrected chi connectivity index (χ1v) is 6.52. The number of nitrogens with zero attached hydrogens (tertiary/aromatic N) is 1. The van der Waals surface area contributed by atoms with Crippen LogP contribution in [0, 0.1) is 0 Å². The highest BCUT2D eigenvalue weighted by Crippen LogP contribution is 2.20. The van der Waals surface area contributed by atoms with Crippen LogP contribution in [0.25, 0.3) is 0 Å². The second-order valence-corrected chi connectivity index (χ2v) is 4.91. The molecule has 1 fully saturated rings. The molecule has 1 aliphatic rings. The summed E-state index contributed by atoms with van der Waals surface area (Å²) >= 11 is 0. The summed E-state index contributed by atoms with van der Waals surface area (Å²) in [6.45, 7) is 0. The third-order valence-electron chi connectivity index (χ3n) is 3.64. The van der Waals surface area contributed by atoms with Gasteiger partial charge in [-0.05, 0) is 31.4 Å².